The molecule has 0 atom stereocenters. The van der Waals surface area contributed by atoms with Crippen LogP contribution < -0.4 is 17.3 Å². The number of hydrazine groups is 1. The summed E-state index contributed by atoms with van der Waals surface area (Å²) in [5.41, 5.74) is 11.2. The van der Waals surface area contributed by atoms with Crippen LogP contribution in [0.2, 0.25) is 0 Å². The molecule has 0 radical (unpaired) electrons. The predicted octanol–water partition coefficient (Wildman–Crippen LogP) is -1.21. The van der Waals surface area contributed by atoms with E-state index in [4.69, 9.17) is 22.4 Å². The molecule has 0 saturated heterocycles. The molecule has 0 aliphatic heterocycles. The number of hydrogen-bond acceptors (Lipinski definition) is 5. The molecule has 13 heavy (non-hydrogen) atoms. The number of hydrogen-bond donors (Lipinski definition) is 4. The summed E-state index contributed by atoms with van der Waals surface area (Å²) in [5.74, 6) is 4.56. The summed E-state index contributed by atoms with van der Waals surface area (Å²) in [6.45, 7) is 0.924. The van der Waals surface area contributed by atoms with Crippen LogP contribution >= 0.6 is 0 Å². The van der Waals surface area contributed by atoms with E-state index in [0.29, 0.717) is 25.2 Å². The molecule has 0 aliphatic carbocycles. The number of aliphatic carboxylic acids is 1. The summed E-state index contributed by atoms with van der Waals surface area (Å²) in [6, 6.07) is 0. The number of allylic oxidation sites excluding steroid dienone is 1. The van der Waals surface area contributed by atoms with Gasteiger partial charge in [0.15, 0.2) is 0 Å². The smallest absolute Gasteiger partial charge is 0.303 e. The van der Waals surface area contributed by atoms with E-state index in [1.165, 1.54) is 11.2 Å². The molecule has 0 aromatic heterocycles. The van der Waals surface area contributed by atoms with E-state index in [1.54, 1.807) is 0 Å². The maximum Gasteiger partial charge on any atom is 0.303 e. The Labute approximate surface area is 76.9 Å². The first-order chi connectivity index (χ1) is 6.06. The largest absolute Gasteiger partial charge is 0.481 e. The summed E-state index contributed by atoms with van der Waals surface area (Å²) >= 11 is 0. The molecule has 0 rings (SSSR count). The van der Waals surface area contributed by atoms with Crippen molar-refractivity contribution in [2.75, 3.05) is 13.1 Å². The second-order valence-electron chi connectivity index (χ2n) is 2.62. The standard InChI is InChI=1S/C7H16N4O2/c8-3-4-11(10)5-6(9)1-2-7(12)13/h5H,1-4,8-10H2,(H,12,13)/b6-5-. The third-order valence-electron chi connectivity index (χ3n) is 1.35. The normalized spacial score (nSPS) is 11.4. The van der Waals surface area contributed by atoms with E-state index in [9.17, 15) is 4.79 Å². The molecule has 7 N–H and O–H groups in total. The minimum absolute atomic E-state index is 0.0127. The van der Waals surface area contributed by atoms with Crippen molar-refractivity contribution in [3.05, 3.63) is 11.9 Å². The summed E-state index contributed by atoms with van der Waals surface area (Å²) in [7, 11) is 0. The Kier molecular flexibility index (Phi) is 5.66. The highest BCUT2D eigenvalue weighted by Gasteiger charge is 1.99. The van der Waals surface area contributed by atoms with E-state index < -0.39 is 5.97 Å². The number of carbonyl (C=O) groups is 1. The number of carboxylic acids is 1. The van der Waals surface area contributed by atoms with Crippen LogP contribution in [0.5, 0.6) is 0 Å². The first-order valence-electron chi connectivity index (χ1n) is 3.95. The van der Waals surface area contributed by atoms with Crippen LogP contribution in [0.4, 0.5) is 0 Å². The summed E-state index contributed by atoms with van der Waals surface area (Å²) < 4.78 is 0. The number of carboxylic acid groups (broad SMARTS) is 1. The van der Waals surface area contributed by atoms with Crippen LogP contribution in [0.1, 0.15) is 12.8 Å². The van der Waals surface area contributed by atoms with Crippen LogP contribution in [-0.4, -0.2) is 29.2 Å². The lowest BCUT2D eigenvalue weighted by atomic mass is 10.2. The van der Waals surface area contributed by atoms with Crippen molar-refractivity contribution in [1.29, 1.82) is 0 Å². The second kappa shape index (κ2) is 6.27. The average molecular weight is 188 g/mol. The third-order valence-corrected chi connectivity index (χ3v) is 1.35. The monoisotopic (exact) mass is 188 g/mol. The van der Waals surface area contributed by atoms with Crippen molar-refractivity contribution in [3.8, 4) is 0 Å². The van der Waals surface area contributed by atoms with Crippen LogP contribution in [0, 0.1) is 0 Å². The van der Waals surface area contributed by atoms with Gasteiger partial charge in [0.1, 0.15) is 0 Å². The highest BCUT2D eigenvalue weighted by Crippen LogP contribution is 1.98. The molecule has 0 unspecified atom stereocenters. The molecule has 6 heteroatoms. The van der Waals surface area contributed by atoms with Crippen LogP contribution in [-0.2, 0) is 4.79 Å². The Hall–Kier alpha value is -1.27. The number of rotatable bonds is 6. The molecular formula is C7H16N4O2. The lowest BCUT2D eigenvalue weighted by molar-refractivity contribution is -0.136. The Morgan fingerprint density at radius 2 is 2.08 bits per heavy atom. The Morgan fingerprint density at radius 3 is 2.54 bits per heavy atom. The van der Waals surface area contributed by atoms with E-state index in [2.05, 4.69) is 0 Å². The fourth-order valence-corrected chi connectivity index (χ4v) is 0.742. The fourth-order valence-electron chi connectivity index (χ4n) is 0.742. The molecule has 0 aromatic carbocycles. The number of nitrogens with zero attached hydrogens (tertiary/aromatic N) is 1. The van der Waals surface area contributed by atoms with Gasteiger partial charge < -0.3 is 21.6 Å². The van der Waals surface area contributed by atoms with E-state index in [1.807, 2.05) is 0 Å². The minimum atomic E-state index is -0.876. The highest BCUT2D eigenvalue weighted by molar-refractivity contribution is 5.66. The molecule has 6 nitrogen and oxygen atoms in total. The average Bonchev–Trinajstić information content (AvgIpc) is 2.01. The lowest BCUT2D eigenvalue weighted by Gasteiger charge is -2.12. The zero-order valence-corrected chi connectivity index (χ0v) is 7.44. The van der Waals surface area contributed by atoms with Crippen molar-refractivity contribution in [1.82, 2.24) is 5.01 Å². The van der Waals surface area contributed by atoms with Gasteiger partial charge in [-0.3, -0.25) is 4.79 Å². The maximum absolute atomic E-state index is 10.2. The van der Waals surface area contributed by atoms with Gasteiger partial charge in [0.05, 0.1) is 6.42 Å². The van der Waals surface area contributed by atoms with E-state index in [0.717, 1.165) is 0 Å². The third kappa shape index (κ3) is 7.10. The lowest BCUT2D eigenvalue weighted by Crippen LogP contribution is -2.31. The van der Waals surface area contributed by atoms with Gasteiger partial charge in [-0.25, -0.2) is 5.84 Å². The molecule has 76 valence electrons. The summed E-state index contributed by atoms with van der Waals surface area (Å²) in [6.07, 6.45) is 1.81. The van der Waals surface area contributed by atoms with Gasteiger partial charge in [-0.2, -0.15) is 0 Å². The van der Waals surface area contributed by atoms with Crippen molar-refractivity contribution < 1.29 is 9.90 Å². The van der Waals surface area contributed by atoms with Crippen LogP contribution in [0.25, 0.3) is 0 Å². The van der Waals surface area contributed by atoms with Gasteiger partial charge >= 0.3 is 5.97 Å². The van der Waals surface area contributed by atoms with Gasteiger partial charge in [-0.1, -0.05) is 0 Å². The Balaban J connectivity index is 3.79. The fraction of sp³-hybridized carbons (Fsp3) is 0.571. The molecular weight excluding hydrogens is 172 g/mol. The number of nitrogens with two attached hydrogens (primary N) is 3. The molecule has 0 aromatic rings. The first kappa shape index (κ1) is 11.7. The molecule has 0 amide bonds. The summed E-state index contributed by atoms with van der Waals surface area (Å²) in [4.78, 5) is 10.2. The van der Waals surface area contributed by atoms with Gasteiger partial charge in [0.25, 0.3) is 0 Å². The van der Waals surface area contributed by atoms with Crippen molar-refractivity contribution in [2.24, 2.45) is 17.3 Å². The zero-order chi connectivity index (χ0) is 10.3. The van der Waals surface area contributed by atoms with Crippen LogP contribution in [0.15, 0.2) is 11.9 Å². The Bertz CT molecular complexity index is 193. The molecule has 0 saturated carbocycles. The predicted molar refractivity (Wildman–Crippen MR) is 49.1 cm³/mol. The topological polar surface area (TPSA) is 119 Å². The van der Waals surface area contributed by atoms with Crippen molar-refractivity contribution in [3.63, 3.8) is 0 Å². The van der Waals surface area contributed by atoms with Crippen molar-refractivity contribution in [2.45, 2.75) is 12.8 Å². The minimum Gasteiger partial charge on any atom is -0.481 e. The molecule has 0 fully saturated rings. The molecule has 0 aliphatic rings. The molecule has 0 bridgehead atoms. The maximum atomic E-state index is 10.2. The first-order valence-corrected chi connectivity index (χ1v) is 3.95. The van der Waals surface area contributed by atoms with Gasteiger partial charge in [0.2, 0.25) is 0 Å². The Morgan fingerprint density at radius 1 is 1.46 bits per heavy atom. The molecule has 0 spiro atoms. The van der Waals surface area contributed by atoms with E-state index in [-0.39, 0.29) is 6.42 Å². The highest BCUT2D eigenvalue weighted by atomic mass is 16.4. The van der Waals surface area contributed by atoms with E-state index >= 15 is 0 Å². The summed E-state index contributed by atoms with van der Waals surface area (Å²) in [5, 5.41) is 9.70. The molecule has 0 heterocycles. The van der Waals surface area contributed by atoms with Gasteiger partial charge in [0, 0.05) is 25.0 Å². The SMILES string of the molecule is NCCN(N)/C=C(\N)CCC(=O)O. The zero-order valence-electron chi connectivity index (χ0n) is 7.44. The van der Waals surface area contributed by atoms with Crippen LogP contribution in [0.3, 0.4) is 0 Å². The van der Waals surface area contributed by atoms with Crippen molar-refractivity contribution >= 4 is 5.97 Å². The van der Waals surface area contributed by atoms with Gasteiger partial charge in [-0.05, 0) is 6.42 Å². The van der Waals surface area contributed by atoms with Gasteiger partial charge in [-0.15, -0.1) is 0 Å². The second-order valence-corrected chi connectivity index (χ2v) is 2.62. The quantitative estimate of drug-likeness (QED) is 0.306.